The molecule has 4 rings (SSSR count). The molecule has 1 aliphatic heterocycles. The molecule has 0 unspecified atom stereocenters. The highest BCUT2D eigenvalue weighted by atomic mass is 16.5. The van der Waals surface area contributed by atoms with E-state index >= 15 is 0 Å². The number of aromatic amines is 1. The highest BCUT2D eigenvalue weighted by Crippen LogP contribution is 2.46. The third-order valence-electron chi connectivity index (χ3n) is 4.04. The molecule has 0 aromatic carbocycles. The zero-order valence-electron chi connectivity index (χ0n) is 11.4. The van der Waals surface area contributed by atoms with Gasteiger partial charge in [0.2, 0.25) is 5.88 Å². The van der Waals surface area contributed by atoms with Crippen LogP contribution in [0.2, 0.25) is 0 Å². The lowest BCUT2D eigenvalue weighted by Gasteiger charge is -2.15. The Balaban J connectivity index is 1.90. The van der Waals surface area contributed by atoms with Crippen LogP contribution in [0.5, 0.6) is 5.88 Å². The van der Waals surface area contributed by atoms with Crippen LogP contribution >= 0.6 is 0 Å². The number of rotatable bonds is 3. The van der Waals surface area contributed by atoms with E-state index in [2.05, 4.69) is 25.5 Å². The highest BCUT2D eigenvalue weighted by Gasteiger charge is 2.32. The number of aromatic nitrogens is 4. The summed E-state index contributed by atoms with van der Waals surface area (Å²) in [5.41, 5.74) is 5.44. The first-order valence-corrected chi connectivity index (χ1v) is 7.04. The molecule has 0 radical (unpaired) electrons. The van der Waals surface area contributed by atoms with Gasteiger partial charge in [0.05, 0.1) is 18.4 Å². The Morgan fingerprint density at radius 3 is 3.00 bits per heavy atom. The van der Waals surface area contributed by atoms with E-state index in [0.717, 1.165) is 36.5 Å². The Hall–Kier alpha value is -1.95. The molecule has 2 aliphatic rings. The molecular weight excluding hydrogens is 254 g/mol. The number of ether oxygens (including phenoxy) is 1. The minimum Gasteiger partial charge on any atom is -0.480 e. The zero-order valence-corrected chi connectivity index (χ0v) is 11.4. The number of nitrogens with zero attached hydrogens (tertiary/aromatic N) is 3. The van der Waals surface area contributed by atoms with E-state index in [1.54, 1.807) is 13.4 Å². The lowest BCUT2D eigenvalue weighted by atomic mass is 10.00. The first kappa shape index (κ1) is 11.8. The predicted octanol–water partition coefficient (Wildman–Crippen LogP) is 1.40. The SMILES string of the molecule is COc1ncnc(C2CC2)c1-c1n[nH]c2c1CNCC2. The van der Waals surface area contributed by atoms with Gasteiger partial charge in [0.15, 0.2) is 0 Å². The molecule has 2 aromatic heterocycles. The Morgan fingerprint density at radius 1 is 1.30 bits per heavy atom. The second kappa shape index (κ2) is 4.56. The number of hydrogen-bond acceptors (Lipinski definition) is 5. The molecule has 104 valence electrons. The first-order valence-electron chi connectivity index (χ1n) is 7.04. The van der Waals surface area contributed by atoms with Crippen molar-refractivity contribution in [3.8, 4) is 17.1 Å². The van der Waals surface area contributed by atoms with Crippen molar-refractivity contribution in [2.24, 2.45) is 0 Å². The summed E-state index contributed by atoms with van der Waals surface area (Å²) in [6, 6.07) is 0. The molecule has 0 saturated heterocycles. The summed E-state index contributed by atoms with van der Waals surface area (Å²) in [4.78, 5) is 8.75. The largest absolute Gasteiger partial charge is 0.480 e. The van der Waals surface area contributed by atoms with Crippen molar-refractivity contribution in [2.45, 2.75) is 31.7 Å². The summed E-state index contributed by atoms with van der Waals surface area (Å²) in [6.07, 6.45) is 4.96. The van der Waals surface area contributed by atoms with Gasteiger partial charge in [-0.25, -0.2) is 9.97 Å². The van der Waals surface area contributed by atoms with E-state index in [1.807, 2.05) is 0 Å². The van der Waals surface area contributed by atoms with Crippen LogP contribution in [0.1, 0.15) is 35.7 Å². The van der Waals surface area contributed by atoms with Crippen molar-refractivity contribution in [2.75, 3.05) is 13.7 Å². The molecule has 20 heavy (non-hydrogen) atoms. The summed E-state index contributed by atoms with van der Waals surface area (Å²) in [7, 11) is 1.65. The van der Waals surface area contributed by atoms with Gasteiger partial charge in [-0.3, -0.25) is 5.10 Å². The lowest BCUT2D eigenvalue weighted by molar-refractivity contribution is 0.397. The van der Waals surface area contributed by atoms with Gasteiger partial charge in [-0.05, 0) is 12.8 Å². The third-order valence-corrected chi connectivity index (χ3v) is 4.04. The van der Waals surface area contributed by atoms with Crippen LogP contribution in [0, 0.1) is 0 Å². The van der Waals surface area contributed by atoms with E-state index < -0.39 is 0 Å². The van der Waals surface area contributed by atoms with E-state index in [-0.39, 0.29) is 0 Å². The molecule has 6 nitrogen and oxygen atoms in total. The predicted molar refractivity (Wildman–Crippen MR) is 73.6 cm³/mol. The van der Waals surface area contributed by atoms with Crippen LogP contribution in [0.4, 0.5) is 0 Å². The van der Waals surface area contributed by atoms with Crippen LogP contribution in [0.25, 0.3) is 11.3 Å². The second-order valence-electron chi connectivity index (χ2n) is 5.37. The van der Waals surface area contributed by atoms with Gasteiger partial charge in [0, 0.05) is 36.7 Å². The maximum absolute atomic E-state index is 5.45. The Morgan fingerprint density at radius 2 is 2.20 bits per heavy atom. The van der Waals surface area contributed by atoms with Crippen molar-refractivity contribution in [1.29, 1.82) is 0 Å². The van der Waals surface area contributed by atoms with Crippen LogP contribution in [-0.4, -0.2) is 33.8 Å². The van der Waals surface area contributed by atoms with Crippen molar-refractivity contribution in [3.63, 3.8) is 0 Å². The maximum atomic E-state index is 5.45. The van der Waals surface area contributed by atoms with Gasteiger partial charge >= 0.3 is 0 Å². The standard InChI is InChI=1S/C14H17N5O/c1-20-14-11(12(8-2-3-8)16-7-17-14)13-9-6-15-5-4-10(9)18-19-13/h7-8,15H,2-6H2,1H3,(H,18,19). The van der Waals surface area contributed by atoms with Gasteiger partial charge in [0.25, 0.3) is 0 Å². The minimum atomic E-state index is 0.533. The molecule has 0 bridgehead atoms. The van der Waals surface area contributed by atoms with E-state index in [1.165, 1.54) is 24.1 Å². The summed E-state index contributed by atoms with van der Waals surface area (Å²) in [6.45, 7) is 1.83. The summed E-state index contributed by atoms with van der Waals surface area (Å²) < 4.78 is 5.45. The molecule has 0 atom stereocenters. The van der Waals surface area contributed by atoms with E-state index in [0.29, 0.717) is 11.8 Å². The van der Waals surface area contributed by atoms with Crippen LogP contribution in [0.3, 0.4) is 0 Å². The topological polar surface area (TPSA) is 75.7 Å². The van der Waals surface area contributed by atoms with Gasteiger partial charge < -0.3 is 10.1 Å². The van der Waals surface area contributed by atoms with Gasteiger partial charge in [-0.15, -0.1) is 0 Å². The van der Waals surface area contributed by atoms with Crippen LogP contribution in [0.15, 0.2) is 6.33 Å². The van der Waals surface area contributed by atoms with Crippen molar-refractivity contribution >= 4 is 0 Å². The van der Waals surface area contributed by atoms with E-state index in [9.17, 15) is 0 Å². The maximum Gasteiger partial charge on any atom is 0.226 e. The highest BCUT2D eigenvalue weighted by molar-refractivity contribution is 5.72. The number of nitrogens with one attached hydrogen (secondary N) is 2. The molecule has 2 N–H and O–H groups in total. The third kappa shape index (κ3) is 1.79. The zero-order chi connectivity index (χ0) is 13.5. The normalized spacial score (nSPS) is 17.9. The average molecular weight is 271 g/mol. The van der Waals surface area contributed by atoms with Crippen molar-refractivity contribution in [3.05, 3.63) is 23.3 Å². The van der Waals surface area contributed by atoms with Crippen molar-refractivity contribution < 1.29 is 4.74 Å². The number of hydrogen-bond donors (Lipinski definition) is 2. The Kier molecular flexibility index (Phi) is 2.70. The van der Waals surface area contributed by atoms with Crippen LogP contribution in [-0.2, 0) is 13.0 Å². The quantitative estimate of drug-likeness (QED) is 0.882. The molecule has 6 heteroatoms. The summed E-state index contributed by atoms with van der Waals surface area (Å²) in [5.74, 6) is 1.16. The Bertz CT molecular complexity index is 647. The van der Waals surface area contributed by atoms with Crippen LogP contribution < -0.4 is 10.1 Å². The van der Waals surface area contributed by atoms with Gasteiger partial charge in [-0.2, -0.15) is 5.10 Å². The molecule has 2 aromatic rings. The second-order valence-corrected chi connectivity index (χ2v) is 5.37. The fraction of sp³-hybridized carbons (Fsp3) is 0.500. The fourth-order valence-electron chi connectivity index (χ4n) is 2.86. The Labute approximate surface area is 117 Å². The molecule has 1 fully saturated rings. The first-order chi connectivity index (χ1) is 9.88. The molecule has 1 aliphatic carbocycles. The number of H-pyrrole nitrogens is 1. The molecule has 0 amide bonds. The number of methoxy groups -OCH3 is 1. The summed E-state index contributed by atoms with van der Waals surface area (Å²) in [5, 5.41) is 11.1. The molecular formula is C14H17N5O. The minimum absolute atomic E-state index is 0.533. The number of fused-ring (bicyclic) bond motifs is 1. The van der Waals surface area contributed by atoms with Crippen molar-refractivity contribution in [1.82, 2.24) is 25.5 Å². The monoisotopic (exact) mass is 271 g/mol. The average Bonchev–Trinajstić information content (AvgIpc) is 3.26. The molecule has 3 heterocycles. The lowest BCUT2D eigenvalue weighted by Crippen LogP contribution is -2.23. The smallest absolute Gasteiger partial charge is 0.226 e. The molecule has 1 saturated carbocycles. The van der Waals surface area contributed by atoms with Gasteiger partial charge in [0.1, 0.15) is 12.0 Å². The van der Waals surface area contributed by atoms with Gasteiger partial charge in [-0.1, -0.05) is 0 Å². The molecule has 0 spiro atoms. The fourth-order valence-corrected chi connectivity index (χ4v) is 2.86. The van der Waals surface area contributed by atoms with E-state index in [4.69, 9.17) is 4.74 Å². The summed E-state index contributed by atoms with van der Waals surface area (Å²) >= 11 is 0.